The van der Waals surface area contributed by atoms with E-state index in [0.29, 0.717) is 28.4 Å². The average molecular weight is 1110 g/mol. The fraction of sp³-hybridized carbons (Fsp3) is 0.370. The maximum absolute atomic E-state index is 16.2. The number of benzene rings is 5. The predicted molar refractivity (Wildman–Crippen MR) is 288 cm³/mol. The number of alkyl carbamates (subject to hydrolysis) is 1. The van der Waals surface area contributed by atoms with E-state index in [1.54, 1.807) is 126 Å². The molecule has 0 aliphatic carbocycles. The molecule has 5 aromatic carbocycles. The van der Waals surface area contributed by atoms with Crippen LogP contribution in [0.3, 0.4) is 0 Å². The fourth-order valence-electron chi connectivity index (χ4n) is 8.25. The van der Waals surface area contributed by atoms with Crippen molar-refractivity contribution in [3.05, 3.63) is 131 Å². The maximum Gasteiger partial charge on any atom is 0.410 e. The number of nitrogens with zero attached hydrogens (tertiary/aromatic N) is 6. The second-order valence-electron chi connectivity index (χ2n) is 20.2. The summed E-state index contributed by atoms with van der Waals surface area (Å²) >= 11 is 0. The molecule has 78 heavy (non-hydrogen) atoms. The van der Waals surface area contributed by atoms with Crippen molar-refractivity contribution in [1.29, 1.82) is 0 Å². The first-order valence-electron chi connectivity index (χ1n) is 24.7. The molecule has 7 rings (SSSR count). The van der Waals surface area contributed by atoms with Gasteiger partial charge < -0.3 is 44.3 Å². The topological polar surface area (TPSA) is 272 Å². The van der Waals surface area contributed by atoms with Crippen LogP contribution >= 0.6 is 0 Å². The molecule has 0 radical (unpaired) electrons. The molecular formula is C54H65N9O13S2. The van der Waals surface area contributed by atoms with Crippen LogP contribution in [0, 0.1) is 0 Å². The van der Waals surface area contributed by atoms with Gasteiger partial charge in [0.15, 0.2) is 0 Å². The van der Waals surface area contributed by atoms with Crippen LogP contribution in [0.15, 0.2) is 119 Å². The van der Waals surface area contributed by atoms with Gasteiger partial charge in [0.1, 0.15) is 38.2 Å². The number of carbonyl (C=O) groups excluding carboxylic acids is 3. The number of tetrazole rings is 1. The van der Waals surface area contributed by atoms with Crippen LogP contribution in [0.5, 0.6) is 17.2 Å². The third kappa shape index (κ3) is 14.9. The number of likely N-dealkylation sites (tertiary alicyclic amines) is 1. The number of aromatic nitrogens is 4. The first-order valence-corrected chi connectivity index (χ1v) is 27.7. The van der Waals surface area contributed by atoms with Gasteiger partial charge in [-0.1, -0.05) is 54.6 Å². The molecule has 24 heteroatoms. The Bertz CT molecular complexity index is 3260. The van der Waals surface area contributed by atoms with E-state index in [1.165, 1.54) is 49.2 Å². The Balaban J connectivity index is 1.40. The fourth-order valence-corrected chi connectivity index (χ4v) is 11.7. The summed E-state index contributed by atoms with van der Waals surface area (Å²) in [5, 5.41) is 29.7. The molecular weight excluding hydrogens is 1050 g/mol. The quantitative estimate of drug-likeness (QED) is 0.0640. The molecule has 2 heterocycles. The molecule has 1 aliphatic heterocycles. The number of sulfonamides is 2. The monoisotopic (exact) mass is 1110 g/mol. The number of aliphatic hydroxyl groups excluding tert-OH is 1. The van der Waals surface area contributed by atoms with Gasteiger partial charge in [-0.3, -0.25) is 4.79 Å². The van der Waals surface area contributed by atoms with E-state index in [1.807, 2.05) is 0 Å². The van der Waals surface area contributed by atoms with E-state index in [4.69, 9.17) is 28.8 Å². The molecule has 0 bridgehead atoms. The van der Waals surface area contributed by atoms with E-state index in [2.05, 4.69) is 25.7 Å². The summed E-state index contributed by atoms with van der Waals surface area (Å²) in [5.74, 6) is 0.700. The number of nitrogens with one attached hydrogen (secondary N) is 3. The molecule has 1 aromatic heterocycles. The standard InChI is InChI=1S/C54H65N9O13S2/c1-53(2,3)75-51(66)55-27-28-56-77(68,69)46-26-25-43(38-11-10-12-39(29-38)50(65)57-44-33-61(34-45(44)64)52(67)76-54(4,5)6)47(49-58-60-63(59-49)32-37-17-23-42(74-9)24-18-37)48(46)78(70,71)62(30-35-13-19-40(72-7)20-14-35)31-36-15-21-41(73-8)22-16-36/h10-26,29,44-45,56,64H,27-28,30-34H2,1-9H3,(H,55,66)(H,57,65)/t44-,45-/m1/s1. The normalized spacial score (nSPS) is 14.9. The van der Waals surface area contributed by atoms with Crippen molar-refractivity contribution in [1.82, 2.24) is 44.8 Å². The predicted octanol–water partition coefficient (Wildman–Crippen LogP) is 5.99. The summed E-state index contributed by atoms with van der Waals surface area (Å²) in [7, 11) is -5.38. The van der Waals surface area contributed by atoms with Gasteiger partial charge in [-0.15, -0.1) is 10.2 Å². The minimum absolute atomic E-state index is 0.0463. The number of aliphatic hydroxyl groups is 1. The highest BCUT2D eigenvalue weighted by atomic mass is 32.2. The lowest BCUT2D eigenvalue weighted by Gasteiger charge is -2.26. The summed E-state index contributed by atoms with van der Waals surface area (Å²) in [4.78, 5) is 40.7. The summed E-state index contributed by atoms with van der Waals surface area (Å²) in [6.45, 7) is 8.89. The zero-order chi connectivity index (χ0) is 56.6. The van der Waals surface area contributed by atoms with Crippen molar-refractivity contribution in [3.63, 3.8) is 0 Å². The van der Waals surface area contributed by atoms with Crippen LogP contribution < -0.4 is 29.6 Å². The summed E-state index contributed by atoms with van der Waals surface area (Å²) in [6.07, 6.45) is -2.59. The van der Waals surface area contributed by atoms with Crippen molar-refractivity contribution in [2.45, 2.75) is 94.3 Å². The molecule has 1 saturated heterocycles. The van der Waals surface area contributed by atoms with Crippen LogP contribution in [0.2, 0.25) is 0 Å². The minimum Gasteiger partial charge on any atom is -0.497 e. The SMILES string of the molecule is COc1ccc(CN(Cc2ccc(OC)cc2)S(=O)(=O)c2c(S(=O)(=O)NCCNC(=O)OC(C)(C)C)ccc(-c3cccc(C(=O)N[C@@H]4CN(C(=O)OC(C)(C)C)C[C@H]4O)c3)c2-c2nnn(Cc3ccc(OC)cc3)n2)cc1. The Morgan fingerprint density at radius 1 is 0.718 bits per heavy atom. The molecule has 2 atom stereocenters. The Morgan fingerprint density at radius 3 is 1.83 bits per heavy atom. The summed E-state index contributed by atoms with van der Waals surface area (Å²) in [5.41, 5.74) is 0.227. The third-order valence-corrected chi connectivity index (χ3v) is 15.5. The largest absolute Gasteiger partial charge is 0.497 e. The zero-order valence-corrected chi connectivity index (χ0v) is 46.5. The van der Waals surface area contributed by atoms with Crippen molar-refractivity contribution in [3.8, 4) is 39.8 Å². The molecule has 3 amide bonds. The number of amides is 3. The maximum atomic E-state index is 16.2. The van der Waals surface area contributed by atoms with E-state index in [0.717, 1.165) is 15.9 Å². The Morgan fingerprint density at radius 2 is 1.28 bits per heavy atom. The summed E-state index contributed by atoms with van der Waals surface area (Å²) < 4.78 is 92.7. The van der Waals surface area contributed by atoms with Gasteiger partial charge in [-0.25, -0.2) is 31.1 Å². The summed E-state index contributed by atoms with van der Waals surface area (Å²) in [6, 6.07) is 28.3. The van der Waals surface area contributed by atoms with E-state index in [9.17, 15) is 27.9 Å². The van der Waals surface area contributed by atoms with Gasteiger partial charge in [-0.2, -0.15) is 9.10 Å². The zero-order valence-electron chi connectivity index (χ0n) is 44.8. The number of β-amino-alcohol motifs (C(OH)–C–C–N with tert-alkyl or cyclic N) is 1. The highest BCUT2D eigenvalue weighted by Crippen LogP contribution is 2.42. The highest BCUT2D eigenvalue weighted by molar-refractivity contribution is 7.92. The molecule has 1 aliphatic rings. The number of ether oxygens (including phenoxy) is 5. The lowest BCUT2D eigenvalue weighted by molar-refractivity contribution is 0.0269. The van der Waals surface area contributed by atoms with Crippen LogP contribution in [0.4, 0.5) is 9.59 Å². The molecule has 4 N–H and O–H groups in total. The van der Waals surface area contributed by atoms with Crippen LogP contribution in [-0.4, -0.2) is 140 Å². The number of hydrogen-bond donors (Lipinski definition) is 4. The van der Waals surface area contributed by atoms with Gasteiger partial charge in [0.2, 0.25) is 25.9 Å². The van der Waals surface area contributed by atoms with E-state index < -0.39 is 77.8 Å². The van der Waals surface area contributed by atoms with Gasteiger partial charge >= 0.3 is 12.2 Å². The second-order valence-corrected chi connectivity index (χ2v) is 23.8. The minimum atomic E-state index is -5.06. The van der Waals surface area contributed by atoms with Crippen molar-refractivity contribution >= 4 is 38.1 Å². The highest BCUT2D eigenvalue weighted by Gasteiger charge is 2.39. The Labute approximate surface area is 454 Å². The first-order chi connectivity index (χ1) is 36.9. The van der Waals surface area contributed by atoms with Crippen LogP contribution in [0.25, 0.3) is 22.5 Å². The number of carbonyl (C=O) groups is 3. The number of rotatable bonds is 20. The second kappa shape index (κ2) is 24.4. The lowest BCUT2D eigenvalue weighted by atomic mass is 9.97. The van der Waals surface area contributed by atoms with Gasteiger partial charge in [0.25, 0.3) is 5.91 Å². The number of methoxy groups -OCH3 is 3. The third-order valence-electron chi connectivity index (χ3n) is 12.0. The Hall–Kier alpha value is -7.64. The van der Waals surface area contributed by atoms with E-state index in [-0.39, 0.29) is 67.3 Å². The van der Waals surface area contributed by atoms with Gasteiger partial charge in [0.05, 0.1) is 52.1 Å². The molecule has 0 unspecified atom stereocenters. The molecule has 22 nitrogen and oxygen atoms in total. The van der Waals surface area contributed by atoms with Crippen molar-refractivity contribution in [2.24, 2.45) is 0 Å². The van der Waals surface area contributed by atoms with E-state index >= 15 is 8.42 Å². The first kappa shape index (κ1) is 58.1. The van der Waals surface area contributed by atoms with Crippen LogP contribution in [0.1, 0.15) is 68.6 Å². The van der Waals surface area contributed by atoms with Gasteiger partial charge in [0, 0.05) is 38.3 Å². The van der Waals surface area contributed by atoms with Crippen molar-refractivity contribution in [2.75, 3.05) is 47.5 Å². The molecule has 0 spiro atoms. The molecule has 416 valence electrons. The smallest absolute Gasteiger partial charge is 0.410 e. The van der Waals surface area contributed by atoms with Crippen LogP contribution in [-0.2, 0) is 49.2 Å². The van der Waals surface area contributed by atoms with Crippen molar-refractivity contribution < 1.29 is 60.0 Å². The number of hydrogen-bond acceptors (Lipinski definition) is 16. The lowest BCUT2D eigenvalue weighted by Crippen LogP contribution is -2.43. The van der Waals surface area contributed by atoms with Gasteiger partial charge in [-0.05, 0) is 129 Å². The Kier molecular flexibility index (Phi) is 18.1. The average Bonchev–Trinajstić information content (AvgIpc) is 4.14. The molecule has 1 fully saturated rings. The molecule has 0 saturated carbocycles. The molecule has 6 aromatic rings.